The second kappa shape index (κ2) is 8.14. The van der Waals surface area contributed by atoms with Crippen molar-refractivity contribution in [2.75, 3.05) is 26.2 Å². The fourth-order valence-corrected chi connectivity index (χ4v) is 2.88. The van der Waals surface area contributed by atoms with Crippen LogP contribution >= 0.6 is 0 Å². The highest BCUT2D eigenvalue weighted by atomic mass is 16.4. The van der Waals surface area contributed by atoms with Gasteiger partial charge in [-0.2, -0.15) is 0 Å². The van der Waals surface area contributed by atoms with E-state index in [9.17, 15) is 14.7 Å². The molecule has 2 N–H and O–H groups in total. The molecule has 3 atom stereocenters. The molecule has 1 aliphatic rings. The standard InChI is InChI=1S/C15H27N3O3/c1-5-13-9-14(15(20)21)18(10-13)8-7-17(6-2)11(3)16-12(4)19/h5,11,13-14H,1,6-10H2,2-4H3,(H,16,19)(H,20,21). The quantitative estimate of drug-likeness (QED) is 0.511. The van der Waals surface area contributed by atoms with Crippen molar-refractivity contribution in [2.24, 2.45) is 5.92 Å². The molecule has 1 amide bonds. The van der Waals surface area contributed by atoms with Crippen molar-refractivity contribution >= 4 is 11.9 Å². The first kappa shape index (κ1) is 17.7. The zero-order valence-corrected chi connectivity index (χ0v) is 13.2. The molecule has 3 unspecified atom stereocenters. The second-order valence-corrected chi connectivity index (χ2v) is 5.59. The number of nitrogens with zero attached hydrogens (tertiary/aromatic N) is 2. The van der Waals surface area contributed by atoms with Gasteiger partial charge < -0.3 is 10.4 Å². The van der Waals surface area contributed by atoms with Crippen LogP contribution in [0.15, 0.2) is 12.7 Å². The predicted molar refractivity (Wildman–Crippen MR) is 81.8 cm³/mol. The van der Waals surface area contributed by atoms with Crippen LogP contribution in [0, 0.1) is 5.92 Å². The fourth-order valence-electron chi connectivity index (χ4n) is 2.88. The van der Waals surface area contributed by atoms with Crippen LogP contribution in [0.4, 0.5) is 0 Å². The highest BCUT2D eigenvalue weighted by molar-refractivity contribution is 5.74. The average Bonchev–Trinajstić information content (AvgIpc) is 2.82. The highest BCUT2D eigenvalue weighted by Crippen LogP contribution is 2.24. The van der Waals surface area contributed by atoms with Gasteiger partial charge in [0.15, 0.2) is 0 Å². The number of amides is 1. The van der Waals surface area contributed by atoms with Gasteiger partial charge in [-0.05, 0) is 25.8 Å². The zero-order chi connectivity index (χ0) is 16.0. The Morgan fingerprint density at radius 2 is 2.24 bits per heavy atom. The number of hydrogen-bond donors (Lipinski definition) is 2. The maximum absolute atomic E-state index is 11.3. The van der Waals surface area contributed by atoms with Gasteiger partial charge in [-0.25, -0.2) is 0 Å². The van der Waals surface area contributed by atoms with Crippen molar-refractivity contribution in [3.63, 3.8) is 0 Å². The summed E-state index contributed by atoms with van der Waals surface area (Å²) in [5.41, 5.74) is 0. The van der Waals surface area contributed by atoms with E-state index in [4.69, 9.17) is 0 Å². The lowest BCUT2D eigenvalue weighted by Gasteiger charge is -2.31. The average molecular weight is 297 g/mol. The summed E-state index contributed by atoms with van der Waals surface area (Å²) in [6, 6.07) is -0.428. The van der Waals surface area contributed by atoms with Crippen molar-refractivity contribution in [3.8, 4) is 0 Å². The summed E-state index contributed by atoms with van der Waals surface area (Å²) in [6.07, 6.45) is 2.42. The number of carboxylic acid groups (broad SMARTS) is 1. The van der Waals surface area contributed by atoms with Gasteiger partial charge in [-0.1, -0.05) is 13.0 Å². The van der Waals surface area contributed by atoms with E-state index < -0.39 is 12.0 Å². The minimum Gasteiger partial charge on any atom is -0.480 e. The second-order valence-electron chi connectivity index (χ2n) is 5.59. The van der Waals surface area contributed by atoms with Crippen LogP contribution in [0.25, 0.3) is 0 Å². The van der Waals surface area contributed by atoms with E-state index in [0.29, 0.717) is 13.0 Å². The van der Waals surface area contributed by atoms with Crippen LogP contribution in [-0.2, 0) is 9.59 Å². The Balaban J connectivity index is 2.56. The number of likely N-dealkylation sites (tertiary alicyclic amines) is 1. The molecule has 0 bridgehead atoms. The molecule has 1 rings (SSSR count). The first-order chi connectivity index (χ1) is 9.88. The molecule has 1 heterocycles. The molecule has 1 aliphatic heterocycles. The number of rotatable bonds is 8. The van der Waals surface area contributed by atoms with E-state index in [0.717, 1.165) is 19.6 Å². The Bertz CT molecular complexity index is 386. The highest BCUT2D eigenvalue weighted by Gasteiger charge is 2.35. The van der Waals surface area contributed by atoms with Gasteiger partial charge in [0, 0.05) is 26.6 Å². The Kier molecular flexibility index (Phi) is 6.84. The Labute approximate surface area is 126 Å². The molecule has 0 saturated carbocycles. The number of carboxylic acids is 1. The topological polar surface area (TPSA) is 72.9 Å². The van der Waals surface area contributed by atoms with Crippen molar-refractivity contribution in [2.45, 2.75) is 39.4 Å². The van der Waals surface area contributed by atoms with Gasteiger partial charge >= 0.3 is 5.97 Å². The first-order valence-corrected chi connectivity index (χ1v) is 7.49. The molecule has 21 heavy (non-hydrogen) atoms. The predicted octanol–water partition coefficient (Wildman–Crippen LogP) is 0.752. The third-order valence-electron chi connectivity index (χ3n) is 4.09. The third kappa shape index (κ3) is 5.13. The van der Waals surface area contributed by atoms with E-state index in [2.05, 4.69) is 16.8 Å². The molecule has 0 aromatic heterocycles. The van der Waals surface area contributed by atoms with Gasteiger partial charge in [-0.3, -0.25) is 19.4 Å². The van der Waals surface area contributed by atoms with Gasteiger partial charge in [0.05, 0.1) is 6.17 Å². The van der Waals surface area contributed by atoms with E-state index in [1.54, 1.807) is 0 Å². The van der Waals surface area contributed by atoms with Gasteiger partial charge in [0.25, 0.3) is 0 Å². The summed E-state index contributed by atoms with van der Waals surface area (Å²) < 4.78 is 0. The van der Waals surface area contributed by atoms with E-state index >= 15 is 0 Å². The third-order valence-corrected chi connectivity index (χ3v) is 4.09. The molecule has 6 nitrogen and oxygen atoms in total. The molecule has 1 fully saturated rings. The van der Waals surface area contributed by atoms with Crippen molar-refractivity contribution in [3.05, 3.63) is 12.7 Å². The number of carbonyl (C=O) groups excluding carboxylic acids is 1. The fraction of sp³-hybridized carbons (Fsp3) is 0.733. The number of hydrogen-bond acceptors (Lipinski definition) is 4. The maximum atomic E-state index is 11.3. The van der Waals surface area contributed by atoms with Gasteiger partial charge in [0.2, 0.25) is 5.91 Å². The number of nitrogens with one attached hydrogen (secondary N) is 1. The van der Waals surface area contributed by atoms with E-state index in [-0.39, 0.29) is 18.0 Å². The summed E-state index contributed by atoms with van der Waals surface area (Å²) in [7, 11) is 0. The number of carbonyl (C=O) groups is 2. The lowest BCUT2D eigenvalue weighted by molar-refractivity contribution is -0.142. The van der Waals surface area contributed by atoms with E-state index in [1.807, 2.05) is 24.8 Å². The van der Waals surface area contributed by atoms with Crippen molar-refractivity contribution in [1.82, 2.24) is 15.1 Å². The minimum absolute atomic E-state index is 0.0476. The smallest absolute Gasteiger partial charge is 0.320 e. The number of aliphatic carboxylic acids is 1. The summed E-state index contributed by atoms with van der Waals surface area (Å²) >= 11 is 0. The maximum Gasteiger partial charge on any atom is 0.320 e. The van der Waals surface area contributed by atoms with Crippen LogP contribution in [0.1, 0.15) is 27.2 Å². The molecule has 0 aromatic rings. The lowest BCUT2D eigenvalue weighted by atomic mass is 10.1. The molecule has 0 aromatic carbocycles. The van der Waals surface area contributed by atoms with Crippen LogP contribution in [0.5, 0.6) is 0 Å². The van der Waals surface area contributed by atoms with E-state index in [1.165, 1.54) is 6.92 Å². The molecule has 6 heteroatoms. The molecule has 0 radical (unpaired) electrons. The minimum atomic E-state index is -0.766. The summed E-state index contributed by atoms with van der Waals surface area (Å²) in [4.78, 5) is 26.6. The summed E-state index contributed by atoms with van der Waals surface area (Å²) in [5.74, 6) is -0.580. The lowest BCUT2D eigenvalue weighted by Crippen LogP contribution is -2.49. The Hall–Kier alpha value is -1.40. The van der Waals surface area contributed by atoms with Crippen LogP contribution in [0.3, 0.4) is 0 Å². The monoisotopic (exact) mass is 297 g/mol. The Morgan fingerprint density at radius 1 is 1.57 bits per heavy atom. The summed E-state index contributed by atoms with van der Waals surface area (Å²) in [5, 5.41) is 12.2. The molecule has 120 valence electrons. The molecular formula is C15H27N3O3. The normalized spacial score (nSPS) is 24.0. The van der Waals surface area contributed by atoms with Crippen LogP contribution in [0.2, 0.25) is 0 Å². The summed E-state index contributed by atoms with van der Waals surface area (Å²) in [6.45, 7) is 12.2. The van der Waals surface area contributed by atoms with Gasteiger partial charge in [-0.15, -0.1) is 6.58 Å². The Morgan fingerprint density at radius 3 is 2.71 bits per heavy atom. The van der Waals surface area contributed by atoms with Crippen molar-refractivity contribution in [1.29, 1.82) is 0 Å². The molecule has 1 saturated heterocycles. The largest absolute Gasteiger partial charge is 0.480 e. The van der Waals surface area contributed by atoms with Crippen LogP contribution < -0.4 is 5.32 Å². The first-order valence-electron chi connectivity index (χ1n) is 7.49. The van der Waals surface area contributed by atoms with Crippen molar-refractivity contribution < 1.29 is 14.7 Å². The van der Waals surface area contributed by atoms with Gasteiger partial charge in [0.1, 0.15) is 6.04 Å². The SMILES string of the molecule is C=CC1CC(C(=O)O)N(CCN(CC)C(C)NC(C)=O)C1. The zero-order valence-electron chi connectivity index (χ0n) is 13.2. The van der Waals surface area contributed by atoms with Crippen LogP contribution in [-0.4, -0.2) is 65.2 Å². The molecular weight excluding hydrogens is 270 g/mol. The molecule has 0 aliphatic carbocycles. The number of likely N-dealkylation sites (N-methyl/N-ethyl adjacent to an activating group) is 1. The molecule has 0 spiro atoms.